The van der Waals surface area contributed by atoms with Crippen molar-refractivity contribution in [3.63, 3.8) is 0 Å². The van der Waals surface area contributed by atoms with Crippen molar-refractivity contribution >= 4 is 16.4 Å². The Kier molecular flexibility index (Phi) is 6.33. The molecule has 178 valence electrons. The summed E-state index contributed by atoms with van der Waals surface area (Å²) in [5, 5.41) is 8.76. The maximum absolute atomic E-state index is 13.2. The fraction of sp³-hybridized carbons (Fsp3) is 0.192. The first-order valence-electron chi connectivity index (χ1n) is 11.1. The molecule has 3 heterocycles. The maximum Gasteiger partial charge on any atom is 0.434 e. The zero-order chi connectivity index (χ0) is 24.3. The van der Waals surface area contributed by atoms with E-state index in [1.165, 1.54) is 5.56 Å². The van der Waals surface area contributed by atoms with Crippen LogP contribution in [-0.2, 0) is 25.7 Å². The van der Waals surface area contributed by atoms with Crippen molar-refractivity contribution in [2.45, 2.75) is 25.7 Å². The monoisotopic (exact) mass is 477 g/mol. The number of rotatable bonds is 8. The van der Waals surface area contributed by atoms with Gasteiger partial charge in [0.1, 0.15) is 6.61 Å². The van der Waals surface area contributed by atoms with Gasteiger partial charge >= 0.3 is 6.18 Å². The van der Waals surface area contributed by atoms with E-state index in [1.54, 1.807) is 24.3 Å². The molecule has 9 heteroatoms. The molecular weight excluding hydrogens is 455 g/mol. The van der Waals surface area contributed by atoms with Gasteiger partial charge in [0.25, 0.3) is 0 Å². The summed E-state index contributed by atoms with van der Waals surface area (Å²) in [4.78, 5) is 8.37. The zero-order valence-electron chi connectivity index (χ0n) is 18.7. The molecular formula is C26H22F3N5O. The van der Waals surface area contributed by atoms with Crippen molar-refractivity contribution in [1.29, 1.82) is 0 Å². The van der Waals surface area contributed by atoms with E-state index in [4.69, 9.17) is 4.74 Å². The van der Waals surface area contributed by atoms with Gasteiger partial charge in [-0.3, -0.25) is 4.98 Å². The SMILES string of the molecule is FC(F)(F)c1cn2nc(OCc3cccc(CNCCc4ccccc4)n3)c3ccccc3c2n1. The molecule has 0 saturated carbocycles. The van der Waals surface area contributed by atoms with Crippen molar-refractivity contribution in [2.75, 3.05) is 6.54 Å². The number of halogens is 3. The number of hydrogen-bond donors (Lipinski definition) is 1. The maximum atomic E-state index is 13.2. The van der Waals surface area contributed by atoms with E-state index in [0.29, 0.717) is 23.0 Å². The van der Waals surface area contributed by atoms with E-state index >= 15 is 0 Å². The third-order valence-electron chi connectivity index (χ3n) is 5.54. The molecule has 0 aliphatic heterocycles. The number of alkyl halides is 3. The Morgan fingerprint density at radius 1 is 0.829 bits per heavy atom. The molecule has 6 nitrogen and oxygen atoms in total. The minimum Gasteiger partial charge on any atom is -0.470 e. The lowest BCUT2D eigenvalue weighted by Gasteiger charge is -2.10. The van der Waals surface area contributed by atoms with Crippen molar-refractivity contribution < 1.29 is 17.9 Å². The fourth-order valence-electron chi connectivity index (χ4n) is 3.83. The van der Waals surface area contributed by atoms with Gasteiger partial charge in [0.2, 0.25) is 5.88 Å². The smallest absolute Gasteiger partial charge is 0.434 e. The molecule has 3 aromatic heterocycles. The quantitative estimate of drug-likeness (QED) is 0.311. The Morgan fingerprint density at radius 2 is 1.57 bits per heavy atom. The average molecular weight is 477 g/mol. The number of nitrogens with zero attached hydrogens (tertiary/aromatic N) is 4. The summed E-state index contributed by atoms with van der Waals surface area (Å²) >= 11 is 0. The van der Waals surface area contributed by atoms with Gasteiger partial charge in [0.15, 0.2) is 11.3 Å². The second kappa shape index (κ2) is 9.71. The summed E-state index contributed by atoms with van der Waals surface area (Å²) in [7, 11) is 0. The Morgan fingerprint density at radius 3 is 2.37 bits per heavy atom. The largest absolute Gasteiger partial charge is 0.470 e. The van der Waals surface area contributed by atoms with Crippen LogP contribution in [0.2, 0.25) is 0 Å². The van der Waals surface area contributed by atoms with Crippen molar-refractivity contribution in [1.82, 2.24) is 24.9 Å². The van der Waals surface area contributed by atoms with Gasteiger partial charge in [-0.25, -0.2) is 9.50 Å². The van der Waals surface area contributed by atoms with Crippen molar-refractivity contribution in [3.8, 4) is 5.88 Å². The number of benzene rings is 2. The van der Waals surface area contributed by atoms with Crippen LogP contribution < -0.4 is 10.1 Å². The molecule has 2 aromatic carbocycles. The molecule has 0 radical (unpaired) electrons. The average Bonchev–Trinajstić information content (AvgIpc) is 3.31. The standard InChI is InChI=1S/C26H22F3N5O/c27-26(28,29)23-16-34-24(32-23)21-11-4-5-12-22(21)25(33-34)35-17-20-10-6-9-19(31-20)15-30-14-13-18-7-2-1-3-8-18/h1-12,16,30H,13-15,17H2. The Hall–Kier alpha value is -3.98. The number of hydrogen-bond acceptors (Lipinski definition) is 5. The summed E-state index contributed by atoms with van der Waals surface area (Å²) in [6.45, 7) is 1.57. The van der Waals surface area contributed by atoms with Gasteiger partial charge in [-0.15, -0.1) is 5.10 Å². The highest BCUT2D eigenvalue weighted by molar-refractivity contribution is 5.96. The lowest BCUT2D eigenvalue weighted by molar-refractivity contribution is -0.140. The molecule has 0 saturated heterocycles. The van der Waals surface area contributed by atoms with Crippen LogP contribution >= 0.6 is 0 Å². The highest BCUT2D eigenvalue weighted by Gasteiger charge is 2.34. The second-order valence-electron chi connectivity index (χ2n) is 8.06. The normalized spacial score (nSPS) is 11.9. The Bertz CT molecular complexity index is 1450. The predicted octanol–water partition coefficient (Wildman–Crippen LogP) is 5.21. The summed E-state index contributed by atoms with van der Waals surface area (Å²) < 4.78 is 46.6. The zero-order valence-corrected chi connectivity index (χ0v) is 18.7. The second-order valence-corrected chi connectivity index (χ2v) is 8.06. The molecule has 35 heavy (non-hydrogen) atoms. The summed E-state index contributed by atoms with van der Waals surface area (Å²) in [5.74, 6) is 0.215. The van der Waals surface area contributed by atoms with Gasteiger partial charge in [-0.2, -0.15) is 13.2 Å². The van der Waals surface area contributed by atoms with E-state index in [2.05, 4.69) is 32.5 Å². The molecule has 0 atom stereocenters. The van der Waals surface area contributed by atoms with Crippen LogP contribution in [0.25, 0.3) is 16.4 Å². The van der Waals surface area contributed by atoms with Gasteiger partial charge in [-0.05, 0) is 36.7 Å². The third kappa shape index (κ3) is 5.25. The van der Waals surface area contributed by atoms with E-state index < -0.39 is 11.9 Å². The van der Waals surface area contributed by atoms with Gasteiger partial charge in [0, 0.05) is 17.3 Å². The number of nitrogens with one attached hydrogen (secondary N) is 1. The van der Waals surface area contributed by atoms with Crippen molar-refractivity contribution in [3.05, 3.63) is 102 Å². The number of aromatic nitrogens is 4. The first kappa shape index (κ1) is 22.8. The number of pyridine rings is 1. The highest BCUT2D eigenvalue weighted by Crippen LogP contribution is 2.32. The lowest BCUT2D eigenvalue weighted by Crippen LogP contribution is -2.17. The minimum atomic E-state index is -4.56. The number of fused-ring (bicyclic) bond motifs is 3. The fourth-order valence-corrected chi connectivity index (χ4v) is 3.83. The number of imidazole rings is 1. The van der Waals surface area contributed by atoms with E-state index in [9.17, 15) is 13.2 Å². The highest BCUT2D eigenvalue weighted by atomic mass is 19.4. The molecule has 0 aliphatic carbocycles. The topological polar surface area (TPSA) is 64.3 Å². The predicted molar refractivity (Wildman–Crippen MR) is 126 cm³/mol. The van der Waals surface area contributed by atoms with Crippen LogP contribution in [0.3, 0.4) is 0 Å². The molecule has 5 aromatic rings. The Balaban J connectivity index is 1.29. The molecule has 1 N–H and O–H groups in total. The minimum absolute atomic E-state index is 0.126. The molecule has 0 bridgehead atoms. The van der Waals surface area contributed by atoms with Crippen LogP contribution in [0, 0.1) is 0 Å². The van der Waals surface area contributed by atoms with Crippen LogP contribution in [-0.4, -0.2) is 26.1 Å². The molecule has 0 aliphatic rings. The van der Waals surface area contributed by atoms with Crippen LogP contribution in [0.5, 0.6) is 5.88 Å². The Labute approximate surface area is 199 Å². The summed E-state index contributed by atoms with van der Waals surface area (Å²) in [5.41, 5.74) is 1.97. The molecule has 0 fully saturated rings. The van der Waals surface area contributed by atoms with Crippen molar-refractivity contribution in [2.24, 2.45) is 0 Å². The third-order valence-corrected chi connectivity index (χ3v) is 5.54. The van der Waals surface area contributed by atoms with E-state index in [-0.39, 0.29) is 18.1 Å². The van der Waals surface area contributed by atoms with Crippen LogP contribution in [0.4, 0.5) is 13.2 Å². The molecule has 5 rings (SSSR count). The van der Waals surface area contributed by atoms with Gasteiger partial charge in [-0.1, -0.05) is 54.6 Å². The van der Waals surface area contributed by atoms with Gasteiger partial charge < -0.3 is 10.1 Å². The first-order chi connectivity index (χ1) is 17.0. The lowest BCUT2D eigenvalue weighted by atomic mass is 10.1. The summed E-state index contributed by atoms with van der Waals surface area (Å²) in [6.07, 6.45) is -2.76. The van der Waals surface area contributed by atoms with E-state index in [1.807, 2.05) is 36.4 Å². The van der Waals surface area contributed by atoms with E-state index in [0.717, 1.165) is 29.4 Å². The summed E-state index contributed by atoms with van der Waals surface area (Å²) in [6, 6.07) is 22.9. The molecule has 0 amide bonds. The van der Waals surface area contributed by atoms with Gasteiger partial charge in [0.05, 0.1) is 17.6 Å². The van der Waals surface area contributed by atoms with Crippen LogP contribution in [0.1, 0.15) is 22.6 Å². The first-order valence-corrected chi connectivity index (χ1v) is 11.1. The molecule has 0 unspecified atom stereocenters. The number of ether oxygens (including phenoxy) is 1. The molecule has 0 spiro atoms. The van der Waals surface area contributed by atoms with Crippen LogP contribution in [0.15, 0.2) is 79.0 Å².